The number of nitrogens with one attached hydrogen (secondary N) is 1. The van der Waals surface area contributed by atoms with E-state index in [2.05, 4.69) is 30.1 Å². The predicted molar refractivity (Wildman–Crippen MR) is 74.6 cm³/mol. The molecule has 2 aromatic rings. The van der Waals surface area contributed by atoms with Gasteiger partial charge in [0.25, 0.3) is 0 Å². The number of fused-ring (bicyclic) bond motifs is 1. The fourth-order valence-electron chi connectivity index (χ4n) is 3.01. The molecule has 0 saturated heterocycles. The maximum atomic E-state index is 5.74. The van der Waals surface area contributed by atoms with Gasteiger partial charge in [0, 0.05) is 5.92 Å². The molecule has 0 atom stereocenters. The molecule has 1 heterocycles. The molecule has 96 valence electrons. The molecule has 1 aliphatic rings. The molecular weight excluding hydrogens is 222 g/mol. The van der Waals surface area contributed by atoms with E-state index in [9.17, 15) is 0 Å². The van der Waals surface area contributed by atoms with E-state index < -0.39 is 0 Å². The first-order valence-electron chi connectivity index (χ1n) is 6.92. The molecule has 1 aromatic carbocycles. The zero-order valence-corrected chi connectivity index (χ0v) is 10.9. The lowest BCUT2D eigenvalue weighted by molar-refractivity contribution is 0.326. The Kier molecular flexibility index (Phi) is 3.08. The fourth-order valence-corrected chi connectivity index (χ4v) is 3.01. The topological polar surface area (TPSA) is 54.7 Å². The number of hydrogen-bond acceptors (Lipinski definition) is 2. The Morgan fingerprint density at radius 2 is 2.06 bits per heavy atom. The summed E-state index contributed by atoms with van der Waals surface area (Å²) in [5, 5.41) is 0. The third-order valence-electron chi connectivity index (χ3n) is 4.22. The molecule has 0 aliphatic heterocycles. The highest BCUT2D eigenvalue weighted by Crippen LogP contribution is 2.34. The molecule has 1 aliphatic carbocycles. The molecule has 0 bridgehead atoms. The zero-order valence-electron chi connectivity index (χ0n) is 10.9. The van der Waals surface area contributed by atoms with E-state index in [4.69, 9.17) is 10.7 Å². The molecule has 1 saturated carbocycles. The minimum atomic E-state index is 0.598. The summed E-state index contributed by atoms with van der Waals surface area (Å²) in [4.78, 5) is 8.24. The number of H-pyrrole nitrogens is 1. The van der Waals surface area contributed by atoms with Crippen molar-refractivity contribution < 1.29 is 0 Å². The number of rotatable bonds is 2. The highest BCUT2D eigenvalue weighted by molar-refractivity contribution is 5.75. The van der Waals surface area contributed by atoms with E-state index in [0.717, 1.165) is 18.0 Å². The second-order valence-electron chi connectivity index (χ2n) is 5.60. The van der Waals surface area contributed by atoms with E-state index in [-0.39, 0.29) is 0 Å². The summed E-state index contributed by atoms with van der Waals surface area (Å²) in [5.74, 6) is 2.50. The Balaban J connectivity index is 1.82. The summed E-state index contributed by atoms with van der Waals surface area (Å²) in [6.07, 6.45) is 4.94. The van der Waals surface area contributed by atoms with Crippen LogP contribution in [0.5, 0.6) is 0 Å². The van der Waals surface area contributed by atoms with Gasteiger partial charge < -0.3 is 10.7 Å². The maximum absolute atomic E-state index is 5.74. The molecule has 0 amide bonds. The first-order valence-corrected chi connectivity index (χ1v) is 6.92. The highest BCUT2D eigenvalue weighted by atomic mass is 14.9. The minimum absolute atomic E-state index is 0.598. The summed E-state index contributed by atoms with van der Waals surface area (Å²) >= 11 is 0. The van der Waals surface area contributed by atoms with Gasteiger partial charge in [-0.3, -0.25) is 0 Å². The van der Waals surface area contributed by atoms with Crippen LogP contribution in [0.1, 0.15) is 43.0 Å². The number of aryl methyl sites for hydroxylation is 1. The van der Waals surface area contributed by atoms with Gasteiger partial charge in [-0.15, -0.1) is 0 Å². The van der Waals surface area contributed by atoms with Crippen LogP contribution in [0.25, 0.3) is 11.0 Å². The molecule has 1 fully saturated rings. The molecule has 0 spiro atoms. The molecule has 18 heavy (non-hydrogen) atoms. The standard InChI is InChI=1S/C15H21N3/c1-10-2-7-13-14(8-10)18-15(17-13)12-5-3-11(9-16)4-6-12/h2,7-8,11-12H,3-6,9,16H2,1H3,(H,17,18). The van der Waals surface area contributed by atoms with Crippen molar-refractivity contribution in [2.24, 2.45) is 11.7 Å². The SMILES string of the molecule is Cc1ccc2nc(C3CCC(CN)CC3)[nH]c2c1. The van der Waals surface area contributed by atoms with Crippen molar-refractivity contribution in [3.05, 3.63) is 29.6 Å². The number of aromatic nitrogens is 2. The van der Waals surface area contributed by atoms with Crippen molar-refractivity contribution in [1.29, 1.82) is 0 Å². The molecular formula is C15H21N3. The zero-order chi connectivity index (χ0) is 12.5. The van der Waals surface area contributed by atoms with Crippen molar-refractivity contribution in [3.8, 4) is 0 Å². The van der Waals surface area contributed by atoms with Gasteiger partial charge in [0.05, 0.1) is 11.0 Å². The van der Waals surface area contributed by atoms with Crippen LogP contribution in [0.3, 0.4) is 0 Å². The average Bonchev–Trinajstić information content (AvgIpc) is 2.81. The summed E-state index contributed by atoms with van der Waals surface area (Å²) < 4.78 is 0. The van der Waals surface area contributed by atoms with E-state index in [0.29, 0.717) is 5.92 Å². The summed E-state index contributed by atoms with van der Waals surface area (Å²) in [6.45, 7) is 2.96. The molecule has 1 aromatic heterocycles. The molecule has 3 rings (SSSR count). The van der Waals surface area contributed by atoms with Gasteiger partial charge in [0.2, 0.25) is 0 Å². The van der Waals surface area contributed by atoms with E-state index >= 15 is 0 Å². The fraction of sp³-hybridized carbons (Fsp3) is 0.533. The third kappa shape index (κ3) is 2.15. The average molecular weight is 243 g/mol. The smallest absolute Gasteiger partial charge is 0.110 e. The van der Waals surface area contributed by atoms with E-state index in [1.54, 1.807) is 0 Å². The van der Waals surface area contributed by atoms with Crippen molar-refractivity contribution in [2.45, 2.75) is 38.5 Å². The van der Waals surface area contributed by atoms with Crippen LogP contribution in [-0.2, 0) is 0 Å². The van der Waals surface area contributed by atoms with Crippen molar-refractivity contribution in [3.63, 3.8) is 0 Å². The quantitative estimate of drug-likeness (QED) is 0.851. The predicted octanol–water partition coefficient (Wildman–Crippen LogP) is 3.10. The van der Waals surface area contributed by atoms with Crippen molar-refractivity contribution in [1.82, 2.24) is 9.97 Å². The number of nitrogens with zero attached hydrogens (tertiary/aromatic N) is 1. The summed E-state index contributed by atoms with van der Waals surface area (Å²) in [7, 11) is 0. The Hall–Kier alpha value is -1.35. The molecule has 3 heteroatoms. The monoisotopic (exact) mass is 243 g/mol. The number of benzene rings is 1. The lowest BCUT2D eigenvalue weighted by Gasteiger charge is -2.26. The highest BCUT2D eigenvalue weighted by Gasteiger charge is 2.23. The van der Waals surface area contributed by atoms with Crippen LogP contribution in [0.15, 0.2) is 18.2 Å². The first kappa shape index (κ1) is 11.7. The van der Waals surface area contributed by atoms with Gasteiger partial charge in [0.1, 0.15) is 5.82 Å². The maximum Gasteiger partial charge on any atom is 0.110 e. The van der Waals surface area contributed by atoms with Crippen LogP contribution >= 0.6 is 0 Å². The Morgan fingerprint density at radius 3 is 2.78 bits per heavy atom. The van der Waals surface area contributed by atoms with Crippen LogP contribution in [0.4, 0.5) is 0 Å². The number of imidazole rings is 1. The second-order valence-corrected chi connectivity index (χ2v) is 5.60. The van der Waals surface area contributed by atoms with Gasteiger partial charge in [0.15, 0.2) is 0 Å². The normalized spacial score (nSPS) is 24.6. The van der Waals surface area contributed by atoms with Gasteiger partial charge >= 0.3 is 0 Å². The van der Waals surface area contributed by atoms with Gasteiger partial charge in [-0.2, -0.15) is 0 Å². The summed E-state index contributed by atoms with van der Waals surface area (Å²) in [6, 6.07) is 6.41. The molecule has 0 unspecified atom stereocenters. The molecule has 3 N–H and O–H groups in total. The molecule has 3 nitrogen and oxygen atoms in total. The van der Waals surface area contributed by atoms with Gasteiger partial charge in [-0.25, -0.2) is 4.98 Å². The van der Waals surface area contributed by atoms with Crippen LogP contribution in [-0.4, -0.2) is 16.5 Å². The first-order chi connectivity index (χ1) is 8.76. The van der Waals surface area contributed by atoms with Crippen molar-refractivity contribution in [2.75, 3.05) is 6.54 Å². The van der Waals surface area contributed by atoms with Crippen LogP contribution < -0.4 is 5.73 Å². The number of aromatic amines is 1. The second kappa shape index (κ2) is 4.73. The lowest BCUT2D eigenvalue weighted by atomic mass is 9.82. The van der Waals surface area contributed by atoms with E-state index in [1.807, 2.05) is 0 Å². The Morgan fingerprint density at radius 1 is 1.28 bits per heavy atom. The minimum Gasteiger partial charge on any atom is -0.342 e. The van der Waals surface area contributed by atoms with Crippen molar-refractivity contribution >= 4 is 11.0 Å². The van der Waals surface area contributed by atoms with E-state index in [1.165, 1.54) is 42.6 Å². The largest absolute Gasteiger partial charge is 0.342 e. The molecule has 0 radical (unpaired) electrons. The van der Waals surface area contributed by atoms with Crippen LogP contribution in [0, 0.1) is 12.8 Å². The van der Waals surface area contributed by atoms with Crippen LogP contribution in [0.2, 0.25) is 0 Å². The number of hydrogen-bond donors (Lipinski definition) is 2. The van der Waals surface area contributed by atoms with Gasteiger partial charge in [-0.1, -0.05) is 6.07 Å². The number of nitrogens with two attached hydrogens (primary N) is 1. The third-order valence-corrected chi connectivity index (χ3v) is 4.22. The Bertz CT molecular complexity index is 536. The Labute approximate surface area is 108 Å². The lowest BCUT2D eigenvalue weighted by Crippen LogP contribution is -2.21. The summed E-state index contributed by atoms with van der Waals surface area (Å²) in [5.41, 5.74) is 9.29. The van der Waals surface area contributed by atoms with Gasteiger partial charge in [-0.05, 0) is 62.8 Å².